The van der Waals surface area contributed by atoms with Gasteiger partial charge in [0, 0.05) is 42.8 Å². The predicted octanol–water partition coefficient (Wildman–Crippen LogP) is 2.74. The van der Waals surface area contributed by atoms with E-state index in [2.05, 4.69) is 34.7 Å². The minimum absolute atomic E-state index is 0.537. The summed E-state index contributed by atoms with van der Waals surface area (Å²) in [5.74, 6) is 0.537. The van der Waals surface area contributed by atoms with Gasteiger partial charge in [-0.25, -0.2) is 0 Å². The van der Waals surface area contributed by atoms with Gasteiger partial charge >= 0.3 is 0 Å². The van der Waals surface area contributed by atoms with Crippen molar-refractivity contribution in [3.05, 3.63) is 24.0 Å². The monoisotopic (exact) mass is 267 g/mol. The Labute approximate surface area is 115 Å². The van der Waals surface area contributed by atoms with Gasteiger partial charge in [-0.1, -0.05) is 13.8 Å². The molecule has 1 aromatic heterocycles. The van der Waals surface area contributed by atoms with Gasteiger partial charge in [0.15, 0.2) is 0 Å². The van der Waals surface area contributed by atoms with Crippen LogP contribution in [0, 0.1) is 0 Å². The van der Waals surface area contributed by atoms with Gasteiger partial charge in [0.1, 0.15) is 0 Å². The molecule has 0 aromatic carbocycles. The molecule has 0 amide bonds. The Balaban J connectivity index is 2.08. The van der Waals surface area contributed by atoms with Crippen molar-refractivity contribution in [3.63, 3.8) is 0 Å². The quantitative estimate of drug-likeness (QED) is 0.765. The van der Waals surface area contributed by atoms with Crippen LogP contribution in [0.4, 0.5) is 5.69 Å². The van der Waals surface area contributed by atoms with Crippen LogP contribution in [0.25, 0.3) is 0 Å². The van der Waals surface area contributed by atoms with E-state index in [0.717, 1.165) is 31.7 Å². The van der Waals surface area contributed by atoms with E-state index < -0.39 is 0 Å². The number of aromatic nitrogens is 1. The lowest BCUT2D eigenvalue weighted by molar-refractivity contribution is 0.232. The number of hydrogen-bond acceptors (Lipinski definition) is 3. The van der Waals surface area contributed by atoms with Crippen LogP contribution in [0.5, 0.6) is 0 Å². The molecule has 100 valence electrons. The van der Waals surface area contributed by atoms with Crippen LogP contribution in [0.1, 0.15) is 25.8 Å². The second-order valence-electron chi connectivity index (χ2n) is 4.75. The number of halogens is 1. The van der Waals surface area contributed by atoms with E-state index in [1.165, 1.54) is 12.1 Å². The number of hydrogen-bond donors (Lipinski definition) is 0. The Morgan fingerprint density at radius 2 is 2.22 bits per heavy atom. The maximum Gasteiger partial charge on any atom is 0.0509 e. The van der Waals surface area contributed by atoms with Gasteiger partial charge in [0.2, 0.25) is 0 Å². The molecule has 1 aromatic rings. The third-order valence-electron chi connectivity index (χ3n) is 3.85. The fourth-order valence-electron chi connectivity index (χ4n) is 2.83. The fraction of sp³-hybridized carbons (Fsp3) is 0.643. The maximum atomic E-state index is 5.99. The Kier molecular flexibility index (Phi) is 4.84. The Morgan fingerprint density at radius 3 is 2.89 bits per heavy atom. The second kappa shape index (κ2) is 6.39. The second-order valence-corrected chi connectivity index (χ2v) is 5.02. The molecule has 0 radical (unpaired) electrons. The summed E-state index contributed by atoms with van der Waals surface area (Å²) in [7, 11) is 0. The maximum absolute atomic E-state index is 5.99. The van der Waals surface area contributed by atoms with Crippen molar-refractivity contribution >= 4 is 17.3 Å². The topological polar surface area (TPSA) is 19.4 Å². The van der Waals surface area contributed by atoms with E-state index in [-0.39, 0.29) is 0 Å². The largest absolute Gasteiger partial charge is 0.370 e. The van der Waals surface area contributed by atoms with Gasteiger partial charge in [-0.05, 0) is 25.6 Å². The third kappa shape index (κ3) is 2.78. The molecular weight excluding hydrogens is 246 g/mol. The minimum atomic E-state index is 0.537. The number of likely N-dealkylation sites (N-methyl/N-ethyl adjacent to an activating group) is 1. The van der Waals surface area contributed by atoms with Gasteiger partial charge in [-0.3, -0.25) is 9.88 Å². The first-order valence-corrected chi connectivity index (χ1v) is 7.31. The minimum Gasteiger partial charge on any atom is -0.370 e. The zero-order valence-electron chi connectivity index (χ0n) is 11.3. The molecule has 0 N–H and O–H groups in total. The van der Waals surface area contributed by atoms with Gasteiger partial charge < -0.3 is 4.90 Å². The number of alkyl halides is 1. The summed E-state index contributed by atoms with van der Waals surface area (Å²) in [5, 5.41) is 0. The number of anilines is 1. The van der Waals surface area contributed by atoms with Crippen molar-refractivity contribution in [2.75, 3.05) is 31.1 Å². The highest BCUT2D eigenvalue weighted by molar-refractivity contribution is 6.17. The van der Waals surface area contributed by atoms with E-state index in [9.17, 15) is 0 Å². The Hall–Kier alpha value is -0.800. The van der Waals surface area contributed by atoms with E-state index in [0.29, 0.717) is 11.9 Å². The molecule has 1 aliphatic heterocycles. The molecule has 1 saturated heterocycles. The van der Waals surface area contributed by atoms with Gasteiger partial charge in [0.05, 0.1) is 5.88 Å². The Bertz CT molecular complexity index is 379. The molecule has 1 atom stereocenters. The molecule has 0 spiro atoms. The van der Waals surface area contributed by atoms with Crippen molar-refractivity contribution in [2.24, 2.45) is 0 Å². The zero-order valence-corrected chi connectivity index (χ0v) is 12.0. The first-order valence-electron chi connectivity index (χ1n) is 6.78. The van der Waals surface area contributed by atoms with Crippen LogP contribution < -0.4 is 4.90 Å². The summed E-state index contributed by atoms with van der Waals surface area (Å²) in [4.78, 5) is 9.14. The molecular formula is C14H22ClN3. The van der Waals surface area contributed by atoms with E-state index in [4.69, 9.17) is 11.6 Å². The number of nitrogens with zero attached hydrogens (tertiary/aromatic N) is 3. The van der Waals surface area contributed by atoms with E-state index in [1.807, 2.05) is 12.4 Å². The zero-order chi connectivity index (χ0) is 13.0. The van der Waals surface area contributed by atoms with E-state index in [1.54, 1.807) is 0 Å². The average Bonchev–Trinajstić information content (AvgIpc) is 2.89. The third-order valence-corrected chi connectivity index (χ3v) is 4.14. The van der Waals surface area contributed by atoms with Crippen LogP contribution >= 0.6 is 11.6 Å². The first kappa shape index (κ1) is 13.6. The SMILES string of the molecule is CCN(CC)C1CCN(c2ccncc2CCl)C1. The molecule has 1 unspecified atom stereocenters. The molecule has 4 heteroatoms. The lowest BCUT2D eigenvalue weighted by Crippen LogP contribution is -2.37. The van der Waals surface area contributed by atoms with Gasteiger partial charge in [-0.15, -0.1) is 11.6 Å². The molecule has 3 nitrogen and oxygen atoms in total. The summed E-state index contributed by atoms with van der Waals surface area (Å²) < 4.78 is 0. The van der Waals surface area contributed by atoms with Crippen LogP contribution in [0.2, 0.25) is 0 Å². The Morgan fingerprint density at radius 1 is 1.44 bits per heavy atom. The van der Waals surface area contributed by atoms with E-state index >= 15 is 0 Å². The molecule has 2 heterocycles. The van der Waals surface area contributed by atoms with Crippen LogP contribution in [-0.2, 0) is 5.88 Å². The van der Waals surface area contributed by atoms with Crippen molar-refractivity contribution in [3.8, 4) is 0 Å². The standard InChI is InChI=1S/C14H22ClN3/c1-3-17(4-2)13-6-8-18(11-13)14-5-7-16-10-12(14)9-15/h5,7,10,13H,3-4,6,8-9,11H2,1-2H3. The molecule has 0 saturated carbocycles. The van der Waals surface area contributed by atoms with Crippen molar-refractivity contribution < 1.29 is 0 Å². The number of pyridine rings is 1. The fourth-order valence-corrected chi connectivity index (χ4v) is 3.04. The summed E-state index contributed by atoms with van der Waals surface area (Å²) in [5.41, 5.74) is 2.40. The summed E-state index contributed by atoms with van der Waals surface area (Å²) >= 11 is 5.99. The molecule has 1 fully saturated rings. The molecule has 0 bridgehead atoms. The van der Waals surface area contributed by atoms with Crippen molar-refractivity contribution in [1.29, 1.82) is 0 Å². The van der Waals surface area contributed by atoms with Crippen LogP contribution in [-0.4, -0.2) is 42.1 Å². The predicted molar refractivity (Wildman–Crippen MR) is 77.3 cm³/mol. The highest BCUT2D eigenvalue weighted by Gasteiger charge is 2.27. The normalized spacial score (nSPS) is 19.8. The lowest BCUT2D eigenvalue weighted by atomic mass is 10.2. The smallest absolute Gasteiger partial charge is 0.0509 e. The highest BCUT2D eigenvalue weighted by Crippen LogP contribution is 2.26. The van der Waals surface area contributed by atoms with Gasteiger partial charge in [0.25, 0.3) is 0 Å². The van der Waals surface area contributed by atoms with Crippen molar-refractivity contribution in [1.82, 2.24) is 9.88 Å². The lowest BCUT2D eigenvalue weighted by Gasteiger charge is -2.27. The summed E-state index contributed by atoms with van der Waals surface area (Å²) in [6, 6.07) is 2.76. The number of rotatable bonds is 5. The summed E-state index contributed by atoms with van der Waals surface area (Å²) in [6.45, 7) is 8.97. The molecule has 0 aliphatic carbocycles. The average molecular weight is 268 g/mol. The van der Waals surface area contributed by atoms with Gasteiger partial charge in [-0.2, -0.15) is 0 Å². The highest BCUT2D eigenvalue weighted by atomic mass is 35.5. The van der Waals surface area contributed by atoms with Crippen LogP contribution in [0.3, 0.4) is 0 Å². The van der Waals surface area contributed by atoms with Crippen molar-refractivity contribution in [2.45, 2.75) is 32.2 Å². The van der Waals surface area contributed by atoms with Crippen LogP contribution in [0.15, 0.2) is 18.5 Å². The first-order chi connectivity index (χ1) is 8.80. The summed E-state index contributed by atoms with van der Waals surface area (Å²) in [6.07, 6.45) is 4.98. The molecule has 2 rings (SSSR count). The molecule has 1 aliphatic rings. The molecule has 18 heavy (non-hydrogen) atoms.